The van der Waals surface area contributed by atoms with Crippen molar-refractivity contribution in [1.29, 1.82) is 0 Å². The quantitative estimate of drug-likeness (QED) is 0.932. The molecule has 0 spiro atoms. The van der Waals surface area contributed by atoms with E-state index in [2.05, 4.69) is 4.98 Å². The molecule has 4 heteroatoms. The molecular formula is C16H20N2O2. The summed E-state index contributed by atoms with van der Waals surface area (Å²) in [5, 5.41) is 9.90. The van der Waals surface area contributed by atoms with Gasteiger partial charge in [0.05, 0.1) is 17.1 Å². The summed E-state index contributed by atoms with van der Waals surface area (Å²) < 4.78 is 1.81. The van der Waals surface area contributed by atoms with Crippen molar-refractivity contribution in [2.24, 2.45) is 5.92 Å². The summed E-state index contributed by atoms with van der Waals surface area (Å²) in [7, 11) is 0. The van der Waals surface area contributed by atoms with Gasteiger partial charge in [0.25, 0.3) is 5.56 Å². The van der Waals surface area contributed by atoms with E-state index < -0.39 is 0 Å². The number of aromatic nitrogens is 2. The summed E-state index contributed by atoms with van der Waals surface area (Å²) in [6.45, 7) is 2.42. The molecule has 1 aromatic carbocycles. The van der Waals surface area contributed by atoms with Crippen LogP contribution in [0, 0.1) is 12.8 Å². The van der Waals surface area contributed by atoms with E-state index in [1.807, 2.05) is 28.8 Å². The largest absolute Gasteiger partial charge is 0.393 e. The maximum atomic E-state index is 12.3. The Kier molecular flexibility index (Phi) is 3.57. The molecule has 1 aliphatic carbocycles. The van der Waals surface area contributed by atoms with E-state index in [-0.39, 0.29) is 11.7 Å². The van der Waals surface area contributed by atoms with Crippen LogP contribution >= 0.6 is 0 Å². The lowest BCUT2D eigenvalue weighted by atomic mass is 10.0. The van der Waals surface area contributed by atoms with Crippen LogP contribution in [0.3, 0.4) is 0 Å². The van der Waals surface area contributed by atoms with E-state index >= 15 is 0 Å². The Morgan fingerprint density at radius 2 is 2.15 bits per heavy atom. The van der Waals surface area contributed by atoms with Crippen LogP contribution in [0.15, 0.2) is 29.1 Å². The molecule has 0 amide bonds. The Morgan fingerprint density at radius 1 is 1.35 bits per heavy atom. The van der Waals surface area contributed by atoms with Crippen LogP contribution in [0.5, 0.6) is 0 Å². The van der Waals surface area contributed by atoms with Gasteiger partial charge in [-0.1, -0.05) is 18.6 Å². The fourth-order valence-corrected chi connectivity index (χ4v) is 3.19. The standard InChI is InChI=1S/C16H20N2O2/c1-11-16(20)18(10-9-12-5-4-8-15(12)19)14-7-3-2-6-13(14)17-11/h2-3,6-7,12,15,19H,4-5,8-10H2,1H3. The highest BCUT2D eigenvalue weighted by atomic mass is 16.3. The average molecular weight is 272 g/mol. The molecule has 1 heterocycles. The van der Waals surface area contributed by atoms with E-state index in [0.29, 0.717) is 18.2 Å². The fourth-order valence-electron chi connectivity index (χ4n) is 3.19. The number of fused-ring (bicyclic) bond motifs is 1. The molecule has 1 fully saturated rings. The van der Waals surface area contributed by atoms with Crippen LogP contribution in [0.2, 0.25) is 0 Å². The molecule has 1 aliphatic rings. The topological polar surface area (TPSA) is 55.1 Å². The van der Waals surface area contributed by atoms with Crippen LogP contribution in [0.25, 0.3) is 11.0 Å². The zero-order valence-electron chi connectivity index (χ0n) is 11.7. The predicted molar refractivity (Wildman–Crippen MR) is 78.7 cm³/mol. The number of hydrogen-bond donors (Lipinski definition) is 1. The van der Waals surface area contributed by atoms with E-state index in [4.69, 9.17) is 0 Å². The number of hydrogen-bond acceptors (Lipinski definition) is 3. The third kappa shape index (κ3) is 2.36. The van der Waals surface area contributed by atoms with Gasteiger partial charge in [-0.15, -0.1) is 0 Å². The molecule has 4 nitrogen and oxygen atoms in total. The van der Waals surface area contributed by atoms with Crippen molar-refractivity contribution in [3.05, 3.63) is 40.3 Å². The van der Waals surface area contributed by atoms with E-state index in [1.54, 1.807) is 6.92 Å². The first-order chi connectivity index (χ1) is 9.66. The maximum Gasteiger partial charge on any atom is 0.272 e. The van der Waals surface area contributed by atoms with Crippen molar-refractivity contribution in [3.8, 4) is 0 Å². The molecule has 3 rings (SSSR count). The first-order valence-corrected chi connectivity index (χ1v) is 7.31. The molecule has 106 valence electrons. The van der Waals surface area contributed by atoms with Crippen molar-refractivity contribution < 1.29 is 5.11 Å². The summed E-state index contributed by atoms with van der Waals surface area (Å²) in [5.74, 6) is 0.328. The molecular weight excluding hydrogens is 252 g/mol. The number of aryl methyl sites for hydroxylation is 2. The van der Waals surface area contributed by atoms with E-state index in [0.717, 1.165) is 36.7 Å². The van der Waals surface area contributed by atoms with Gasteiger partial charge in [0.1, 0.15) is 5.69 Å². The highest BCUT2D eigenvalue weighted by molar-refractivity contribution is 5.74. The van der Waals surface area contributed by atoms with Crippen LogP contribution in [-0.4, -0.2) is 20.8 Å². The number of aliphatic hydroxyl groups is 1. The van der Waals surface area contributed by atoms with E-state index in [1.165, 1.54) is 0 Å². The van der Waals surface area contributed by atoms with Crippen molar-refractivity contribution in [2.45, 2.75) is 45.3 Å². The van der Waals surface area contributed by atoms with E-state index in [9.17, 15) is 9.90 Å². The monoisotopic (exact) mass is 272 g/mol. The lowest BCUT2D eigenvalue weighted by Crippen LogP contribution is -2.26. The van der Waals surface area contributed by atoms with Gasteiger partial charge in [-0.2, -0.15) is 0 Å². The summed E-state index contributed by atoms with van der Waals surface area (Å²) >= 11 is 0. The zero-order valence-corrected chi connectivity index (χ0v) is 11.7. The van der Waals surface area contributed by atoms with Gasteiger partial charge >= 0.3 is 0 Å². The molecule has 0 bridgehead atoms. The molecule has 0 aliphatic heterocycles. The van der Waals surface area contributed by atoms with Gasteiger partial charge in [-0.05, 0) is 44.2 Å². The number of rotatable bonds is 3. The van der Waals surface area contributed by atoms with Crippen molar-refractivity contribution >= 4 is 11.0 Å². The van der Waals surface area contributed by atoms with Crippen LogP contribution in [0.1, 0.15) is 31.4 Å². The SMILES string of the molecule is Cc1nc2ccccc2n(CCC2CCCC2O)c1=O. The molecule has 2 unspecified atom stereocenters. The van der Waals surface area contributed by atoms with Gasteiger partial charge in [0.2, 0.25) is 0 Å². The number of benzene rings is 1. The van der Waals surface area contributed by atoms with Crippen molar-refractivity contribution in [1.82, 2.24) is 9.55 Å². The second-order valence-corrected chi connectivity index (χ2v) is 5.69. The molecule has 2 atom stereocenters. The molecule has 1 N–H and O–H groups in total. The zero-order chi connectivity index (χ0) is 14.1. The highest BCUT2D eigenvalue weighted by Gasteiger charge is 2.25. The minimum Gasteiger partial charge on any atom is -0.393 e. The smallest absolute Gasteiger partial charge is 0.272 e. The van der Waals surface area contributed by atoms with Gasteiger partial charge in [-0.25, -0.2) is 4.98 Å². The third-order valence-corrected chi connectivity index (χ3v) is 4.36. The summed E-state index contributed by atoms with van der Waals surface area (Å²) in [6.07, 6.45) is 3.72. The Hall–Kier alpha value is -1.68. The van der Waals surface area contributed by atoms with Crippen molar-refractivity contribution in [3.63, 3.8) is 0 Å². The minimum atomic E-state index is -0.195. The van der Waals surface area contributed by atoms with Crippen LogP contribution in [0.4, 0.5) is 0 Å². The molecule has 0 saturated heterocycles. The number of aliphatic hydroxyl groups excluding tert-OH is 1. The van der Waals surface area contributed by atoms with Crippen LogP contribution < -0.4 is 5.56 Å². The molecule has 1 saturated carbocycles. The summed E-state index contributed by atoms with van der Waals surface area (Å²) in [6, 6.07) is 7.74. The first kappa shape index (κ1) is 13.3. The predicted octanol–water partition coefficient (Wildman–Crippen LogP) is 2.26. The van der Waals surface area contributed by atoms with Gasteiger partial charge in [0.15, 0.2) is 0 Å². The second kappa shape index (κ2) is 5.37. The summed E-state index contributed by atoms with van der Waals surface area (Å²) in [5.41, 5.74) is 2.26. The number of para-hydroxylation sites is 2. The number of nitrogens with zero attached hydrogens (tertiary/aromatic N) is 2. The third-order valence-electron chi connectivity index (χ3n) is 4.36. The lowest BCUT2D eigenvalue weighted by Gasteiger charge is -2.16. The van der Waals surface area contributed by atoms with Crippen molar-refractivity contribution in [2.75, 3.05) is 0 Å². The minimum absolute atomic E-state index is 0.0174. The normalized spacial score (nSPS) is 22.5. The molecule has 1 aromatic heterocycles. The van der Waals surface area contributed by atoms with Gasteiger partial charge < -0.3 is 9.67 Å². The Balaban J connectivity index is 1.93. The first-order valence-electron chi connectivity index (χ1n) is 7.31. The van der Waals surface area contributed by atoms with Crippen LogP contribution in [-0.2, 0) is 6.54 Å². The lowest BCUT2D eigenvalue weighted by molar-refractivity contribution is 0.125. The summed E-state index contributed by atoms with van der Waals surface area (Å²) in [4.78, 5) is 16.7. The fraction of sp³-hybridized carbons (Fsp3) is 0.500. The maximum absolute atomic E-state index is 12.3. The van der Waals surface area contributed by atoms with Gasteiger partial charge in [0, 0.05) is 6.54 Å². The molecule has 0 radical (unpaired) electrons. The highest BCUT2D eigenvalue weighted by Crippen LogP contribution is 2.28. The Morgan fingerprint density at radius 3 is 2.90 bits per heavy atom. The Bertz CT molecular complexity index is 678. The van der Waals surface area contributed by atoms with Gasteiger partial charge in [-0.3, -0.25) is 4.79 Å². The Labute approximate surface area is 118 Å². The molecule has 2 aromatic rings. The average Bonchev–Trinajstić information content (AvgIpc) is 2.85. The second-order valence-electron chi connectivity index (χ2n) is 5.69. The molecule has 20 heavy (non-hydrogen) atoms.